The van der Waals surface area contributed by atoms with Crippen LogP contribution in [0.2, 0.25) is 0 Å². The van der Waals surface area contributed by atoms with E-state index in [9.17, 15) is 25.5 Å². The molecule has 7 atom stereocenters. The molecule has 282 valence electrons. The fraction of sp³-hybridized carbons (Fsp3) is 0.524. The molecular weight excluding hydrogens is 713 g/mol. The summed E-state index contributed by atoms with van der Waals surface area (Å²) in [5, 5.41) is 56.0. The first-order chi connectivity index (χ1) is 25.8. The van der Waals surface area contributed by atoms with Crippen LogP contribution in [0.4, 0.5) is 0 Å². The van der Waals surface area contributed by atoms with E-state index in [-0.39, 0.29) is 66.7 Å². The highest BCUT2D eigenvalue weighted by molar-refractivity contribution is 8.77. The fourth-order valence-electron chi connectivity index (χ4n) is 9.27. The Morgan fingerprint density at radius 1 is 0.962 bits per heavy atom. The largest absolute Gasteiger partial charge is 0.508 e. The quantitative estimate of drug-likeness (QED) is 0.122. The van der Waals surface area contributed by atoms with Crippen LogP contribution in [0.5, 0.6) is 34.5 Å². The Labute approximate surface area is 318 Å². The lowest BCUT2D eigenvalue weighted by Gasteiger charge is -2.44. The van der Waals surface area contributed by atoms with Crippen LogP contribution < -0.4 is 18.9 Å². The molecule has 3 aromatic carbocycles. The molecule has 0 unspecified atom stereocenters. The second-order valence-corrected chi connectivity index (χ2v) is 17.7. The van der Waals surface area contributed by atoms with Crippen LogP contribution in [0, 0.1) is 17.8 Å². The van der Waals surface area contributed by atoms with E-state index in [2.05, 4.69) is 18.8 Å². The van der Waals surface area contributed by atoms with Crippen LogP contribution in [-0.4, -0.2) is 75.7 Å². The van der Waals surface area contributed by atoms with Crippen molar-refractivity contribution in [2.75, 3.05) is 32.7 Å². The van der Waals surface area contributed by atoms with Gasteiger partial charge in [0.25, 0.3) is 0 Å². The zero-order valence-electron chi connectivity index (χ0n) is 30.2. The average molecular weight is 761 g/mol. The van der Waals surface area contributed by atoms with E-state index in [1.165, 1.54) is 7.11 Å². The van der Waals surface area contributed by atoms with Gasteiger partial charge in [-0.25, -0.2) is 0 Å². The maximum absolute atomic E-state index is 12.8. The summed E-state index contributed by atoms with van der Waals surface area (Å²) in [6, 6.07) is 9.06. The molecule has 0 radical (unpaired) electrons. The third-order valence-corrected chi connectivity index (χ3v) is 14.5. The van der Waals surface area contributed by atoms with Gasteiger partial charge in [-0.3, -0.25) is 0 Å². The molecule has 1 fully saturated rings. The minimum absolute atomic E-state index is 0.0282. The predicted octanol–water partition coefficient (Wildman–Crippen LogP) is 7.35. The molecule has 2 heterocycles. The van der Waals surface area contributed by atoms with Gasteiger partial charge in [-0.1, -0.05) is 52.8 Å². The van der Waals surface area contributed by atoms with Crippen molar-refractivity contribution in [3.63, 3.8) is 0 Å². The second-order valence-electron chi connectivity index (χ2n) is 15.0. The van der Waals surface area contributed by atoms with Gasteiger partial charge in [0.1, 0.15) is 30.0 Å². The van der Waals surface area contributed by atoms with Crippen LogP contribution >= 0.6 is 21.6 Å². The lowest BCUT2D eigenvalue weighted by Crippen LogP contribution is -2.40. The molecular formula is C42H48O9S2. The summed E-state index contributed by atoms with van der Waals surface area (Å²) in [5.74, 6) is 8.94. The molecule has 2 aliphatic heterocycles. The maximum atomic E-state index is 12.8. The highest BCUT2D eigenvalue weighted by atomic mass is 33.1. The molecule has 5 N–H and O–H groups in total. The molecule has 9 nitrogen and oxygen atoms in total. The molecule has 11 heteroatoms. The first kappa shape index (κ1) is 36.6. The van der Waals surface area contributed by atoms with Crippen molar-refractivity contribution in [2.45, 2.75) is 99.6 Å². The Morgan fingerprint density at radius 3 is 2.57 bits per heavy atom. The van der Waals surface area contributed by atoms with Crippen molar-refractivity contribution in [3.05, 3.63) is 58.1 Å². The summed E-state index contributed by atoms with van der Waals surface area (Å²) in [5.41, 5.74) is 5.58. The molecule has 0 spiro atoms. The second kappa shape index (κ2) is 15.4. The highest BCUT2D eigenvalue weighted by Gasteiger charge is 2.49. The summed E-state index contributed by atoms with van der Waals surface area (Å²) < 4.78 is 25.5. The van der Waals surface area contributed by atoms with E-state index in [1.54, 1.807) is 33.7 Å². The van der Waals surface area contributed by atoms with Crippen molar-refractivity contribution < 1.29 is 44.5 Å². The van der Waals surface area contributed by atoms with Crippen LogP contribution in [-0.2, 0) is 6.42 Å². The van der Waals surface area contributed by atoms with E-state index in [0.717, 1.165) is 78.5 Å². The molecule has 0 saturated heterocycles. The van der Waals surface area contributed by atoms with Gasteiger partial charge in [0.05, 0.1) is 31.7 Å². The van der Waals surface area contributed by atoms with Gasteiger partial charge in [-0.2, -0.15) is 0 Å². The van der Waals surface area contributed by atoms with Crippen LogP contribution in [0.1, 0.15) is 104 Å². The standard InChI is InChI=1S/C42H48O9S2/c1-22-10-12-25-28-18-23(45)11-13-26(28)35-31(49-16-15-43)20-32-37(36(35)30(25)21-44)38-34(53-52-17-14-22)9-5-8-27-29(42(51-32)40(38)47)19-33(39(46)41(27)48-2)50-24-6-3-4-7-24/h11,13,18-20,22,24-25,30,34,38,40,42-47H,3-4,6-8,10,12,14-17,21H2,1-2H3/t22-,25-,30+,34+,38+,40-,42+/m1/s1. The number of ether oxygens (including phenoxy) is 4. The lowest BCUT2D eigenvalue weighted by atomic mass is 9.65. The summed E-state index contributed by atoms with van der Waals surface area (Å²) in [7, 11) is 4.97. The molecule has 3 aliphatic carbocycles. The van der Waals surface area contributed by atoms with Crippen molar-refractivity contribution in [1.82, 2.24) is 0 Å². The number of phenolic OH excluding ortho intramolecular Hbond substituents is 2. The fourth-order valence-corrected chi connectivity index (χ4v) is 12.1. The van der Waals surface area contributed by atoms with E-state index in [4.69, 9.17) is 18.9 Å². The van der Waals surface area contributed by atoms with Crippen molar-refractivity contribution in [3.8, 4) is 57.5 Å². The highest BCUT2D eigenvalue weighted by Crippen LogP contribution is 2.61. The van der Waals surface area contributed by atoms with E-state index < -0.39 is 18.1 Å². The smallest absolute Gasteiger partial charge is 0.201 e. The van der Waals surface area contributed by atoms with Gasteiger partial charge in [0, 0.05) is 52.3 Å². The Bertz CT molecular complexity index is 1910. The monoisotopic (exact) mass is 760 g/mol. The lowest BCUT2D eigenvalue weighted by molar-refractivity contribution is 0.000503. The third-order valence-electron chi connectivity index (χ3n) is 11.8. The number of methoxy groups -OCH3 is 1. The van der Waals surface area contributed by atoms with E-state index >= 15 is 0 Å². The van der Waals surface area contributed by atoms with Crippen LogP contribution in [0.25, 0.3) is 11.1 Å². The zero-order chi connectivity index (χ0) is 36.8. The first-order valence-corrected chi connectivity index (χ1v) is 21.3. The van der Waals surface area contributed by atoms with Gasteiger partial charge in [0.15, 0.2) is 17.6 Å². The van der Waals surface area contributed by atoms with E-state index in [1.807, 2.05) is 18.2 Å². The molecule has 0 amide bonds. The van der Waals surface area contributed by atoms with Crippen LogP contribution in [0.3, 0.4) is 0 Å². The van der Waals surface area contributed by atoms with Crippen molar-refractivity contribution in [2.24, 2.45) is 5.92 Å². The Kier molecular flexibility index (Phi) is 10.6. The number of benzene rings is 3. The topological polar surface area (TPSA) is 138 Å². The number of aliphatic hydroxyl groups excluding tert-OH is 3. The molecule has 5 aliphatic rings. The molecule has 8 rings (SSSR count). The number of rotatable bonds is 7. The molecule has 0 aromatic heterocycles. The summed E-state index contributed by atoms with van der Waals surface area (Å²) in [4.78, 5) is 0. The van der Waals surface area contributed by atoms with Crippen molar-refractivity contribution in [1.29, 1.82) is 0 Å². The number of aliphatic hydroxyl groups is 3. The number of hydrogen-bond donors (Lipinski definition) is 5. The van der Waals surface area contributed by atoms with Crippen LogP contribution in [0.15, 0.2) is 30.3 Å². The minimum atomic E-state index is -1.07. The SMILES string of the molecule is COc1c(O)c(OC2CCCC2)cc2c1CC#C[C@@H]1SSCC[C@H](C)CC[C@@H]3c4cc(O)ccc4-c4c(OCCO)cc5c(c4[C@H]3CO)[C@H]1[C@@H](O)[C@H]2O5. The normalized spacial score (nSPS) is 27.5. The predicted molar refractivity (Wildman–Crippen MR) is 207 cm³/mol. The summed E-state index contributed by atoms with van der Waals surface area (Å²) in [6.45, 7) is 1.95. The Morgan fingerprint density at radius 2 is 1.79 bits per heavy atom. The number of fused-ring (bicyclic) bond motifs is 7. The van der Waals surface area contributed by atoms with Gasteiger partial charge >= 0.3 is 0 Å². The van der Waals surface area contributed by atoms with Gasteiger partial charge in [-0.05, 0) is 85.3 Å². The van der Waals surface area contributed by atoms with Gasteiger partial charge in [0.2, 0.25) is 5.75 Å². The van der Waals surface area contributed by atoms with E-state index in [0.29, 0.717) is 34.3 Å². The summed E-state index contributed by atoms with van der Waals surface area (Å²) in [6.07, 6.45) is 4.97. The number of aromatic hydroxyl groups is 2. The Hall–Kier alpha value is -3.40. The van der Waals surface area contributed by atoms with Gasteiger partial charge < -0.3 is 44.5 Å². The molecule has 3 aromatic rings. The Balaban J connectivity index is 1.39. The van der Waals surface area contributed by atoms with Gasteiger partial charge in [-0.15, -0.1) is 0 Å². The zero-order valence-corrected chi connectivity index (χ0v) is 31.8. The molecule has 4 bridgehead atoms. The summed E-state index contributed by atoms with van der Waals surface area (Å²) >= 11 is 0. The number of hydrogen-bond acceptors (Lipinski definition) is 11. The third kappa shape index (κ3) is 6.58. The minimum Gasteiger partial charge on any atom is -0.508 e. The molecule has 53 heavy (non-hydrogen) atoms. The van der Waals surface area contributed by atoms with Crippen molar-refractivity contribution >= 4 is 21.6 Å². The molecule has 1 saturated carbocycles. The first-order valence-electron chi connectivity index (χ1n) is 18.9. The maximum Gasteiger partial charge on any atom is 0.201 e. The number of phenols is 2. The average Bonchev–Trinajstić information content (AvgIpc) is 3.68.